The summed E-state index contributed by atoms with van der Waals surface area (Å²) in [5, 5.41) is 8.82. The van der Waals surface area contributed by atoms with Crippen LogP contribution in [0.3, 0.4) is 0 Å². The van der Waals surface area contributed by atoms with Gasteiger partial charge in [0, 0.05) is 23.7 Å². The maximum atomic E-state index is 12.8. The van der Waals surface area contributed by atoms with E-state index in [1.165, 1.54) is 12.8 Å². The third-order valence-electron chi connectivity index (χ3n) is 4.19. The maximum absolute atomic E-state index is 12.8. The first kappa shape index (κ1) is 14.2. The molecule has 0 saturated heterocycles. The molecule has 1 amide bonds. The Morgan fingerprint density at radius 2 is 2.10 bits per heavy atom. The van der Waals surface area contributed by atoms with Crippen molar-refractivity contribution in [2.45, 2.75) is 38.6 Å². The Morgan fingerprint density at radius 1 is 1.33 bits per heavy atom. The Hall–Kier alpha value is -1.79. The first-order valence-corrected chi connectivity index (χ1v) is 7.70. The van der Waals surface area contributed by atoms with Gasteiger partial charge in [-0.15, -0.1) is 0 Å². The molecule has 0 atom stereocenters. The Bertz CT molecular complexity index is 603. The molecule has 1 N–H and O–H groups in total. The molecule has 3 nitrogen and oxygen atoms in total. The summed E-state index contributed by atoms with van der Waals surface area (Å²) in [5.41, 5.74) is 2.58. The van der Waals surface area contributed by atoms with Crippen molar-refractivity contribution in [3.63, 3.8) is 0 Å². The predicted octanol–water partition coefficient (Wildman–Crippen LogP) is 2.35. The van der Waals surface area contributed by atoms with E-state index < -0.39 is 0 Å². The van der Waals surface area contributed by atoms with Crippen LogP contribution in [-0.2, 0) is 0 Å². The van der Waals surface area contributed by atoms with E-state index in [1.54, 1.807) is 0 Å². The highest BCUT2D eigenvalue weighted by molar-refractivity contribution is 5.95. The summed E-state index contributed by atoms with van der Waals surface area (Å²) in [7, 11) is 0. The summed E-state index contributed by atoms with van der Waals surface area (Å²) < 4.78 is 0. The van der Waals surface area contributed by atoms with Crippen molar-refractivity contribution in [2.75, 3.05) is 13.2 Å². The number of nitrogens with zero attached hydrogens (tertiary/aromatic N) is 1. The van der Waals surface area contributed by atoms with Crippen LogP contribution in [0, 0.1) is 24.7 Å². The molecule has 2 aliphatic carbocycles. The van der Waals surface area contributed by atoms with Crippen molar-refractivity contribution in [3.8, 4) is 11.8 Å². The molecule has 3 heteroatoms. The standard InChI is InChI=1S/C18H21NO2/c1-13-4-7-16(11-15(13)3-2-10-20)18(21)19(17-8-9-17)12-14-5-6-14/h4,7,11,14,17,20H,5-6,8-10,12H2,1H3. The Balaban J connectivity index is 1.82. The van der Waals surface area contributed by atoms with E-state index in [9.17, 15) is 4.79 Å². The molecule has 1 aromatic carbocycles. The fourth-order valence-corrected chi connectivity index (χ4v) is 2.55. The van der Waals surface area contributed by atoms with E-state index in [1.807, 2.05) is 25.1 Å². The van der Waals surface area contributed by atoms with Crippen molar-refractivity contribution in [1.82, 2.24) is 4.90 Å². The molecule has 2 fully saturated rings. The second-order valence-corrected chi connectivity index (χ2v) is 6.12. The first-order valence-electron chi connectivity index (χ1n) is 7.70. The normalized spacial score (nSPS) is 17.0. The minimum atomic E-state index is -0.159. The lowest BCUT2D eigenvalue weighted by molar-refractivity contribution is 0.0735. The van der Waals surface area contributed by atoms with Gasteiger partial charge in [0.1, 0.15) is 6.61 Å². The maximum Gasteiger partial charge on any atom is 0.254 e. The highest BCUT2D eigenvalue weighted by Crippen LogP contribution is 2.35. The number of hydrogen-bond acceptors (Lipinski definition) is 2. The van der Waals surface area contributed by atoms with Gasteiger partial charge in [-0.3, -0.25) is 4.79 Å². The molecular formula is C18H21NO2. The van der Waals surface area contributed by atoms with E-state index in [0.29, 0.717) is 12.0 Å². The highest BCUT2D eigenvalue weighted by Gasteiger charge is 2.36. The first-order chi connectivity index (χ1) is 10.2. The average molecular weight is 283 g/mol. The highest BCUT2D eigenvalue weighted by atomic mass is 16.2. The molecule has 0 aliphatic heterocycles. The van der Waals surface area contributed by atoms with Crippen LogP contribution in [0.25, 0.3) is 0 Å². The van der Waals surface area contributed by atoms with Crippen LogP contribution in [0.2, 0.25) is 0 Å². The van der Waals surface area contributed by atoms with Crippen molar-refractivity contribution in [1.29, 1.82) is 0 Å². The van der Waals surface area contributed by atoms with Gasteiger partial charge in [0.05, 0.1) is 0 Å². The van der Waals surface area contributed by atoms with Crippen LogP contribution >= 0.6 is 0 Å². The van der Waals surface area contributed by atoms with Gasteiger partial charge < -0.3 is 10.0 Å². The van der Waals surface area contributed by atoms with Gasteiger partial charge in [-0.25, -0.2) is 0 Å². The van der Waals surface area contributed by atoms with Gasteiger partial charge in [0.25, 0.3) is 5.91 Å². The van der Waals surface area contributed by atoms with Gasteiger partial charge in [0.15, 0.2) is 0 Å². The van der Waals surface area contributed by atoms with E-state index in [0.717, 1.165) is 36.1 Å². The third kappa shape index (κ3) is 3.46. The quantitative estimate of drug-likeness (QED) is 0.862. The molecule has 3 rings (SSSR count). The Labute approximate surface area is 126 Å². The number of aliphatic hydroxyl groups is 1. The number of carbonyl (C=O) groups excluding carboxylic acids is 1. The second kappa shape index (κ2) is 5.91. The van der Waals surface area contributed by atoms with E-state index in [4.69, 9.17) is 5.11 Å². The van der Waals surface area contributed by atoms with Crippen molar-refractivity contribution < 1.29 is 9.90 Å². The topological polar surface area (TPSA) is 40.5 Å². The minimum Gasteiger partial charge on any atom is -0.384 e. The Kier molecular flexibility index (Phi) is 3.98. The van der Waals surface area contributed by atoms with Gasteiger partial charge in [-0.05, 0) is 56.2 Å². The zero-order valence-corrected chi connectivity index (χ0v) is 12.4. The van der Waals surface area contributed by atoms with E-state index >= 15 is 0 Å². The number of aryl methyl sites for hydroxylation is 1. The molecule has 2 saturated carbocycles. The third-order valence-corrected chi connectivity index (χ3v) is 4.19. The number of amides is 1. The van der Waals surface area contributed by atoms with Crippen LogP contribution in [0.15, 0.2) is 18.2 Å². The van der Waals surface area contributed by atoms with Crippen molar-refractivity contribution >= 4 is 5.91 Å². The molecule has 110 valence electrons. The van der Waals surface area contributed by atoms with Crippen LogP contribution in [0.5, 0.6) is 0 Å². The Morgan fingerprint density at radius 3 is 2.71 bits per heavy atom. The molecular weight excluding hydrogens is 262 g/mol. The molecule has 1 aromatic rings. The average Bonchev–Trinajstić information content (AvgIpc) is 3.36. The number of carbonyl (C=O) groups is 1. The van der Waals surface area contributed by atoms with Crippen molar-refractivity contribution in [2.24, 2.45) is 5.92 Å². The van der Waals surface area contributed by atoms with Gasteiger partial charge in [0.2, 0.25) is 0 Å². The minimum absolute atomic E-state index is 0.136. The fourth-order valence-electron chi connectivity index (χ4n) is 2.55. The summed E-state index contributed by atoms with van der Waals surface area (Å²) in [5.74, 6) is 6.43. The van der Waals surface area contributed by atoms with Gasteiger partial charge >= 0.3 is 0 Å². The SMILES string of the molecule is Cc1ccc(C(=O)N(CC2CC2)C2CC2)cc1C#CCO. The summed E-state index contributed by atoms with van der Waals surface area (Å²) in [6, 6.07) is 6.15. The summed E-state index contributed by atoms with van der Waals surface area (Å²) in [4.78, 5) is 14.8. The molecule has 0 spiro atoms. The zero-order chi connectivity index (χ0) is 14.8. The monoisotopic (exact) mass is 283 g/mol. The molecule has 0 aromatic heterocycles. The van der Waals surface area contributed by atoms with Crippen molar-refractivity contribution in [3.05, 3.63) is 34.9 Å². The number of hydrogen-bond donors (Lipinski definition) is 1. The van der Waals surface area contributed by atoms with E-state index in [-0.39, 0.29) is 12.5 Å². The van der Waals surface area contributed by atoms with Crippen LogP contribution < -0.4 is 0 Å². The molecule has 0 unspecified atom stereocenters. The lowest BCUT2D eigenvalue weighted by atomic mass is 10.0. The predicted molar refractivity (Wildman–Crippen MR) is 81.9 cm³/mol. The number of benzene rings is 1. The number of rotatable bonds is 4. The molecule has 21 heavy (non-hydrogen) atoms. The molecule has 0 bridgehead atoms. The van der Waals surface area contributed by atoms with Gasteiger partial charge in [-0.1, -0.05) is 17.9 Å². The molecule has 0 radical (unpaired) electrons. The van der Waals surface area contributed by atoms with Crippen LogP contribution in [0.4, 0.5) is 0 Å². The van der Waals surface area contributed by atoms with E-state index in [2.05, 4.69) is 16.7 Å². The number of aliphatic hydroxyl groups excluding tert-OH is 1. The van der Waals surface area contributed by atoms with Gasteiger partial charge in [-0.2, -0.15) is 0 Å². The molecule has 2 aliphatic rings. The van der Waals surface area contributed by atoms with Crippen LogP contribution in [-0.4, -0.2) is 35.1 Å². The summed E-state index contributed by atoms with van der Waals surface area (Å²) >= 11 is 0. The lowest BCUT2D eigenvalue weighted by Gasteiger charge is -2.22. The largest absolute Gasteiger partial charge is 0.384 e. The zero-order valence-electron chi connectivity index (χ0n) is 12.4. The lowest BCUT2D eigenvalue weighted by Crippen LogP contribution is -2.35. The van der Waals surface area contributed by atoms with Crippen LogP contribution in [0.1, 0.15) is 47.2 Å². The second-order valence-electron chi connectivity index (χ2n) is 6.12. The smallest absolute Gasteiger partial charge is 0.254 e. The molecule has 0 heterocycles. The fraction of sp³-hybridized carbons (Fsp3) is 0.500. The summed E-state index contributed by atoms with van der Waals surface area (Å²) in [6.45, 7) is 2.72. The summed E-state index contributed by atoms with van der Waals surface area (Å²) in [6.07, 6.45) is 4.80.